The average Bonchev–Trinajstić information content (AvgIpc) is 3.19. The molecule has 1 amide bonds. The van der Waals surface area contributed by atoms with Crippen molar-refractivity contribution >= 4 is 44.8 Å². The van der Waals surface area contributed by atoms with E-state index in [4.69, 9.17) is 23.2 Å². The number of carbonyl (C=O) groups excluding carboxylic acids is 1. The zero-order valence-electron chi connectivity index (χ0n) is 18.2. The fraction of sp³-hybridized carbons (Fsp3) is 0.435. The van der Waals surface area contributed by atoms with Gasteiger partial charge in [0.2, 0.25) is 15.9 Å². The molecule has 0 unspecified atom stereocenters. The molecule has 0 spiro atoms. The number of nitrogens with zero attached hydrogens (tertiary/aromatic N) is 3. The zero-order valence-corrected chi connectivity index (χ0v) is 20.6. The maximum atomic E-state index is 13.3. The summed E-state index contributed by atoms with van der Waals surface area (Å²) in [5, 5.41) is 1.29. The summed E-state index contributed by atoms with van der Waals surface area (Å²) in [4.78, 5) is 17.7. The number of likely N-dealkylation sites (tertiary alicyclic amines) is 1. The van der Waals surface area contributed by atoms with Crippen molar-refractivity contribution in [2.45, 2.75) is 30.7 Å². The van der Waals surface area contributed by atoms with Crippen LogP contribution in [0.15, 0.2) is 41.3 Å². The van der Waals surface area contributed by atoms with Crippen LogP contribution in [-0.4, -0.2) is 57.3 Å². The van der Waals surface area contributed by atoms with Crippen LogP contribution in [0.25, 0.3) is 0 Å². The number of carbonyl (C=O) groups is 1. The summed E-state index contributed by atoms with van der Waals surface area (Å²) in [5.41, 5.74) is 2.79. The van der Waals surface area contributed by atoms with Crippen LogP contribution in [0, 0.1) is 5.92 Å². The van der Waals surface area contributed by atoms with Gasteiger partial charge in [0, 0.05) is 48.8 Å². The Balaban J connectivity index is 1.39. The third kappa shape index (κ3) is 4.68. The van der Waals surface area contributed by atoms with Gasteiger partial charge in [-0.2, -0.15) is 0 Å². The Hall–Kier alpha value is -1.64. The lowest BCUT2D eigenvalue weighted by molar-refractivity contribution is -0.123. The number of amides is 1. The highest BCUT2D eigenvalue weighted by Crippen LogP contribution is 2.34. The Morgan fingerprint density at radius 3 is 2.44 bits per heavy atom. The molecule has 172 valence electrons. The molecule has 0 saturated carbocycles. The van der Waals surface area contributed by atoms with Gasteiger partial charge in [-0.1, -0.05) is 29.3 Å². The van der Waals surface area contributed by atoms with E-state index in [1.165, 1.54) is 18.4 Å². The molecule has 0 atom stereocenters. The molecule has 0 N–H and O–H groups in total. The summed E-state index contributed by atoms with van der Waals surface area (Å²) in [5.74, 6) is 0.110. The minimum atomic E-state index is -3.49. The van der Waals surface area contributed by atoms with Crippen molar-refractivity contribution in [3.8, 4) is 0 Å². The predicted octanol–water partition coefficient (Wildman–Crippen LogP) is 4.05. The largest absolute Gasteiger partial charge is 0.312 e. The van der Waals surface area contributed by atoms with Gasteiger partial charge in [0.25, 0.3) is 0 Å². The number of benzene rings is 2. The quantitative estimate of drug-likeness (QED) is 0.627. The molecule has 0 radical (unpaired) electrons. The Morgan fingerprint density at radius 2 is 1.78 bits per heavy atom. The second-order valence-corrected chi connectivity index (χ2v) is 11.6. The van der Waals surface area contributed by atoms with Gasteiger partial charge in [-0.05, 0) is 73.8 Å². The number of fused-ring (bicyclic) bond motifs is 1. The van der Waals surface area contributed by atoms with E-state index in [1.807, 2.05) is 17.0 Å². The number of hydrogen-bond acceptors (Lipinski definition) is 4. The van der Waals surface area contributed by atoms with Gasteiger partial charge in [0.1, 0.15) is 0 Å². The van der Waals surface area contributed by atoms with Crippen LogP contribution in [0.1, 0.15) is 24.0 Å². The van der Waals surface area contributed by atoms with Crippen molar-refractivity contribution in [2.24, 2.45) is 5.92 Å². The van der Waals surface area contributed by atoms with E-state index >= 15 is 0 Å². The van der Waals surface area contributed by atoms with E-state index in [0.717, 1.165) is 49.3 Å². The van der Waals surface area contributed by atoms with E-state index in [9.17, 15) is 13.2 Å². The van der Waals surface area contributed by atoms with Crippen molar-refractivity contribution < 1.29 is 13.2 Å². The first kappa shape index (κ1) is 23.5. The molecule has 1 fully saturated rings. The highest BCUT2D eigenvalue weighted by Gasteiger charge is 2.33. The zero-order chi connectivity index (χ0) is 23.0. The van der Waals surface area contributed by atoms with Gasteiger partial charge in [0.05, 0.1) is 4.90 Å². The number of anilines is 1. The first-order valence-corrected chi connectivity index (χ1v) is 12.9. The molecule has 32 heavy (non-hydrogen) atoms. The number of rotatable bonds is 5. The maximum Gasteiger partial charge on any atom is 0.242 e. The lowest BCUT2D eigenvalue weighted by Crippen LogP contribution is -2.42. The highest BCUT2D eigenvalue weighted by atomic mass is 35.5. The standard InChI is InChI=1S/C23H27Cl2N3O3S/c1-26(2)32(30,31)20-5-6-22-17(13-20)9-12-28(22)23(29)16-7-10-27(11-8-16)15-18-3-4-19(24)14-21(18)25/h3-6,13-14,16H,7-12,15H2,1-2H3. The van der Waals surface area contributed by atoms with Crippen LogP contribution in [0.3, 0.4) is 0 Å². The molecule has 0 aliphatic carbocycles. The summed E-state index contributed by atoms with van der Waals surface area (Å²) >= 11 is 12.3. The number of halogens is 2. The first-order valence-electron chi connectivity index (χ1n) is 10.7. The van der Waals surface area contributed by atoms with Crippen LogP contribution < -0.4 is 4.90 Å². The first-order chi connectivity index (χ1) is 15.2. The predicted molar refractivity (Wildman–Crippen MR) is 128 cm³/mol. The Bertz CT molecular complexity index is 1130. The second kappa shape index (κ2) is 9.31. The van der Waals surface area contributed by atoms with E-state index in [0.29, 0.717) is 23.0 Å². The Morgan fingerprint density at radius 1 is 1.06 bits per heavy atom. The molecule has 0 bridgehead atoms. The van der Waals surface area contributed by atoms with Gasteiger partial charge in [0.15, 0.2) is 0 Å². The van der Waals surface area contributed by atoms with Crippen molar-refractivity contribution in [1.82, 2.24) is 9.21 Å². The van der Waals surface area contributed by atoms with Gasteiger partial charge in [-0.15, -0.1) is 0 Å². The summed E-state index contributed by atoms with van der Waals surface area (Å²) in [6, 6.07) is 10.6. The Kier molecular flexibility index (Phi) is 6.84. The summed E-state index contributed by atoms with van der Waals surface area (Å²) in [6.45, 7) is 3.00. The maximum absolute atomic E-state index is 13.3. The second-order valence-electron chi connectivity index (χ2n) is 8.60. The molecular weight excluding hydrogens is 469 g/mol. The lowest BCUT2D eigenvalue weighted by Gasteiger charge is -2.33. The number of sulfonamides is 1. The third-order valence-corrected chi connectivity index (χ3v) is 8.74. The highest BCUT2D eigenvalue weighted by molar-refractivity contribution is 7.89. The van der Waals surface area contributed by atoms with E-state index in [-0.39, 0.29) is 16.7 Å². The molecule has 2 aliphatic rings. The fourth-order valence-corrected chi connectivity index (χ4v) is 5.85. The topological polar surface area (TPSA) is 60.9 Å². The van der Waals surface area contributed by atoms with E-state index in [1.54, 1.807) is 24.3 Å². The summed E-state index contributed by atoms with van der Waals surface area (Å²) < 4.78 is 26.0. The lowest BCUT2D eigenvalue weighted by atomic mass is 9.95. The third-order valence-electron chi connectivity index (χ3n) is 6.34. The fourth-order valence-electron chi connectivity index (χ4n) is 4.43. The Labute approximate surface area is 199 Å². The molecule has 1 saturated heterocycles. The van der Waals surface area contributed by atoms with Crippen molar-refractivity contribution in [1.29, 1.82) is 0 Å². The molecule has 6 nitrogen and oxygen atoms in total. The van der Waals surface area contributed by atoms with Crippen LogP contribution >= 0.6 is 23.2 Å². The molecule has 0 aromatic heterocycles. The molecule has 9 heteroatoms. The molecule has 4 rings (SSSR count). The molecule has 2 aromatic rings. The van der Waals surface area contributed by atoms with Crippen molar-refractivity contribution in [3.05, 3.63) is 57.6 Å². The summed E-state index contributed by atoms with van der Waals surface area (Å²) in [6.07, 6.45) is 2.26. The molecule has 2 aliphatic heterocycles. The minimum absolute atomic E-state index is 0.0249. The van der Waals surface area contributed by atoms with Crippen LogP contribution in [-0.2, 0) is 27.8 Å². The van der Waals surface area contributed by atoms with Crippen LogP contribution in [0.4, 0.5) is 5.69 Å². The monoisotopic (exact) mass is 495 g/mol. The normalized spacial score (nSPS) is 17.7. The van der Waals surface area contributed by atoms with E-state index < -0.39 is 10.0 Å². The summed E-state index contributed by atoms with van der Waals surface area (Å²) in [7, 11) is -0.448. The van der Waals surface area contributed by atoms with Crippen molar-refractivity contribution in [2.75, 3.05) is 38.6 Å². The molecular formula is C23H27Cl2N3O3S. The SMILES string of the molecule is CN(C)S(=O)(=O)c1ccc2c(c1)CCN2C(=O)C1CCN(Cc2ccc(Cl)cc2Cl)CC1. The van der Waals surface area contributed by atoms with Gasteiger partial charge < -0.3 is 4.90 Å². The average molecular weight is 496 g/mol. The van der Waals surface area contributed by atoms with Crippen LogP contribution in [0.5, 0.6) is 0 Å². The molecule has 2 heterocycles. The van der Waals surface area contributed by atoms with Crippen LogP contribution in [0.2, 0.25) is 10.0 Å². The van der Waals surface area contributed by atoms with Gasteiger partial charge in [-0.25, -0.2) is 12.7 Å². The molecule has 2 aromatic carbocycles. The van der Waals surface area contributed by atoms with Gasteiger partial charge >= 0.3 is 0 Å². The number of piperidine rings is 1. The minimum Gasteiger partial charge on any atom is -0.312 e. The van der Waals surface area contributed by atoms with E-state index in [2.05, 4.69) is 4.90 Å². The smallest absolute Gasteiger partial charge is 0.242 e. The number of hydrogen-bond donors (Lipinski definition) is 0. The van der Waals surface area contributed by atoms with Crippen molar-refractivity contribution in [3.63, 3.8) is 0 Å². The van der Waals surface area contributed by atoms with Gasteiger partial charge in [-0.3, -0.25) is 9.69 Å².